The number of rotatable bonds is 2. The van der Waals surface area contributed by atoms with E-state index in [4.69, 9.17) is 4.74 Å². The highest BCUT2D eigenvalue weighted by molar-refractivity contribution is 5.91. The zero-order valence-corrected chi connectivity index (χ0v) is 12.3. The van der Waals surface area contributed by atoms with E-state index in [-0.39, 0.29) is 5.97 Å². The first-order valence-corrected chi connectivity index (χ1v) is 6.61. The molecule has 0 spiro atoms. The molecule has 0 radical (unpaired) electrons. The summed E-state index contributed by atoms with van der Waals surface area (Å²) in [6.45, 7) is 7.59. The first-order valence-electron chi connectivity index (χ1n) is 6.61. The van der Waals surface area contributed by atoms with E-state index in [2.05, 4.69) is 4.98 Å². The van der Waals surface area contributed by atoms with E-state index in [9.17, 15) is 4.79 Å². The highest BCUT2D eigenvalue weighted by Gasteiger charge is 2.18. The van der Waals surface area contributed by atoms with Crippen molar-refractivity contribution in [2.75, 3.05) is 0 Å². The molecule has 1 aromatic carbocycles. The van der Waals surface area contributed by atoms with Crippen molar-refractivity contribution in [3.8, 4) is 11.1 Å². The minimum atomic E-state index is -0.486. The first kappa shape index (κ1) is 14.3. The summed E-state index contributed by atoms with van der Waals surface area (Å²) in [7, 11) is 0. The summed E-state index contributed by atoms with van der Waals surface area (Å²) in [6, 6.07) is 9.43. The Labute approximate surface area is 119 Å². The van der Waals surface area contributed by atoms with Crippen molar-refractivity contribution in [2.45, 2.75) is 33.3 Å². The normalized spacial score (nSPS) is 11.2. The number of aryl methyl sites for hydroxylation is 1. The zero-order chi connectivity index (χ0) is 14.8. The number of benzene rings is 1. The Hall–Kier alpha value is -2.16. The second kappa shape index (κ2) is 5.45. The summed E-state index contributed by atoms with van der Waals surface area (Å²) in [4.78, 5) is 16.2. The lowest BCUT2D eigenvalue weighted by molar-refractivity contribution is 0.00696. The fourth-order valence-electron chi connectivity index (χ4n) is 1.95. The van der Waals surface area contributed by atoms with Gasteiger partial charge in [-0.2, -0.15) is 0 Å². The van der Waals surface area contributed by atoms with Crippen LogP contribution in [0.15, 0.2) is 42.7 Å². The number of carbonyl (C=O) groups is 1. The maximum absolute atomic E-state index is 12.1. The molecule has 0 aliphatic heterocycles. The molecule has 1 heterocycles. The van der Waals surface area contributed by atoms with Gasteiger partial charge in [0.25, 0.3) is 0 Å². The van der Waals surface area contributed by atoms with Crippen LogP contribution >= 0.6 is 0 Å². The van der Waals surface area contributed by atoms with E-state index < -0.39 is 5.60 Å². The smallest absolute Gasteiger partial charge is 0.338 e. The lowest BCUT2D eigenvalue weighted by atomic mass is 10.0. The molecule has 20 heavy (non-hydrogen) atoms. The summed E-state index contributed by atoms with van der Waals surface area (Å²) in [5.74, 6) is -0.300. The first-order chi connectivity index (χ1) is 9.37. The molecule has 2 aromatic rings. The lowest BCUT2D eigenvalue weighted by Gasteiger charge is -2.19. The van der Waals surface area contributed by atoms with Crippen LogP contribution in [0.1, 0.15) is 36.7 Å². The standard InChI is InChI=1S/C17H19NO2/c1-12-11-18-9-8-15(12)13-6-5-7-14(10-13)16(19)20-17(2,3)4/h5-11H,1-4H3. The summed E-state index contributed by atoms with van der Waals surface area (Å²) in [5.41, 5.74) is 3.22. The fourth-order valence-corrected chi connectivity index (χ4v) is 1.95. The van der Waals surface area contributed by atoms with Gasteiger partial charge in [-0.3, -0.25) is 4.98 Å². The van der Waals surface area contributed by atoms with Gasteiger partial charge in [0.05, 0.1) is 5.56 Å². The number of nitrogens with zero attached hydrogens (tertiary/aromatic N) is 1. The Kier molecular flexibility index (Phi) is 3.89. The highest BCUT2D eigenvalue weighted by atomic mass is 16.6. The maximum Gasteiger partial charge on any atom is 0.338 e. The van der Waals surface area contributed by atoms with Gasteiger partial charge in [-0.05, 0) is 62.6 Å². The number of aromatic nitrogens is 1. The molecule has 0 fully saturated rings. The van der Waals surface area contributed by atoms with Crippen LogP contribution in [0.3, 0.4) is 0 Å². The van der Waals surface area contributed by atoms with Crippen LogP contribution in [0, 0.1) is 6.92 Å². The van der Waals surface area contributed by atoms with Crippen LogP contribution in [0.4, 0.5) is 0 Å². The van der Waals surface area contributed by atoms with E-state index in [0.717, 1.165) is 16.7 Å². The molecule has 0 aliphatic carbocycles. The number of hydrogen-bond donors (Lipinski definition) is 0. The van der Waals surface area contributed by atoms with E-state index in [1.165, 1.54) is 0 Å². The third kappa shape index (κ3) is 3.44. The summed E-state index contributed by atoms with van der Waals surface area (Å²) in [6.07, 6.45) is 3.57. The molecular formula is C17H19NO2. The Balaban J connectivity index is 2.34. The lowest BCUT2D eigenvalue weighted by Crippen LogP contribution is -2.23. The molecule has 0 bridgehead atoms. The molecular weight excluding hydrogens is 250 g/mol. The van der Waals surface area contributed by atoms with Gasteiger partial charge in [0.1, 0.15) is 5.60 Å². The molecule has 0 unspecified atom stereocenters. The molecule has 0 saturated carbocycles. The van der Waals surface area contributed by atoms with Crippen LogP contribution in [-0.2, 0) is 4.74 Å². The second-order valence-corrected chi connectivity index (χ2v) is 5.77. The van der Waals surface area contributed by atoms with E-state index in [0.29, 0.717) is 5.56 Å². The van der Waals surface area contributed by atoms with Crippen LogP contribution in [-0.4, -0.2) is 16.6 Å². The van der Waals surface area contributed by atoms with Gasteiger partial charge in [-0.25, -0.2) is 4.79 Å². The maximum atomic E-state index is 12.1. The average molecular weight is 269 g/mol. The summed E-state index contributed by atoms with van der Waals surface area (Å²) >= 11 is 0. The molecule has 2 rings (SSSR count). The minimum Gasteiger partial charge on any atom is -0.456 e. The zero-order valence-electron chi connectivity index (χ0n) is 12.3. The molecule has 0 amide bonds. The summed E-state index contributed by atoms with van der Waals surface area (Å²) < 4.78 is 5.39. The SMILES string of the molecule is Cc1cnccc1-c1cccc(C(=O)OC(C)(C)C)c1. The van der Waals surface area contributed by atoms with Gasteiger partial charge in [0.2, 0.25) is 0 Å². The van der Waals surface area contributed by atoms with Gasteiger partial charge < -0.3 is 4.74 Å². The van der Waals surface area contributed by atoms with Crippen molar-refractivity contribution < 1.29 is 9.53 Å². The quantitative estimate of drug-likeness (QED) is 0.773. The molecule has 0 atom stereocenters. The molecule has 3 nitrogen and oxygen atoms in total. The molecule has 104 valence electrons. The van der Waals surface area contributed by atoms with Crippen LogP contribution in [0.25, 0.3) is 11.1 Å². The van der Waals surface area contributed by atoms with Crippen molar-refractivity contribution in [1.29, 1.82) is 0 Å². The number of ether oxygens (including phenoxy) is 1. The average Bonchev–Trinajstić information content (AvgIpc) is 2.37. The van der Waals surface area contributed by atoms with E-state index in [1.807, 2.05) is 58.2 Å². The van der Waals surface area contributed by atoms with Gasteiger partial charge in [-0.1, -0.05) is 12.1 Å². The minimum absolute atomic E-state index is 0.300. The molecule has 3 heteroatoms. The van der Waals surface area contributed by atoms with Crippen molar-refractivity contribution in [1.82, 2.24) is 4.98 Å². The summed E-state index contributed by atoms with van der Waals surface area (Å²) in [5, 5.41) is 0. The predicted octanol–water partition coefficient (Wildman–Crippen LogP) is 4.01. The van der Waals surface area contributed by atoms with Gasteiger partial charge >= 0.3 is 5.97 Å². The van der Waals surface area contributed by atoms with E-state index in [1.54, 1.807) is 12.3 Å². The predicted molar refractivity (Wildman–Crippen MR) is 79.6 cm³/mol. The van der Waals surface area contributed by atoms with Crippen molar-refractivity contribution in [3.05, 3.63) is 53.9 Å². The van der Waals surface area contributed by atoms with Crippen molar-refractivity contribution >= 4 is 5.97 Å². The second-order valence-electron chi connectivity index (χ2n) is 5.77. The monoisotopic (exact) mass is 269 g/mol. The van der Waals surface area contributed by atoms with Gasteiger partial charge in [-0.15, -0.1) is 0 Å². The number of pyridine rings is 1. The number of hydrogen-bond acceptors (Lipinski definition) is 3. The Morgan fingerprint density at radius 1 is 1.20 bits per heavy atom. The fraction of sp³-hybridized carbons (Fsp3) is 0.294. The molecule has 1 aromatic heterocycles. The Morgan fingerprint density at radius 2 is 1.95 bits per heavy atom. The van der Waals surface area contributed by atoms with Crippen molar-refractivity contribution in [3.63, 3.8) is 0 Å². The van der Waals surface area contributed by atoms with Crippen LogP contribution in [0.5, 0.6) is 0 Å². The third-order valence-corrected chi connectivity index (χ3v) is 2.83. The van der Waals surface area contributed by atoms with Gasteiger partial charge in [0.15, 0.2) is 0 Å². The largest absolute Gasteiger partial charge is 0.456 e. The molecule has 0 aliphatic rings. The van der Waals surface area contributed by atoms with Crippen LogP contribution in [0.2, 0.25) is 0 Å². The van der Waals surface area contributed by atoms with Crippen LogP contribution < -0.4 is 0 Å². The van der Waals surface area contributed by atoms with E-state index >= 15 is 0 Å². The topological polar surface area (TPSA) is 39.2 Å². The highest BCUT2D eigenvalue weighted by Crippen LogP contribution is 2.24. The number of carbonyl (C=O) groups excluding carboxylic acids is 1. The Bertz CT molecular complexity index is 627. The van der Waals surface area contributed by atoms with Gasteiger partial charge in [0, 0.05) is 12.4 Å². The Morgan fingerprint density at radius 3 is 2.60 bits per heavy atom. The molecule has 0 saturated heterocycles. The van der Waals surface area contributed by atoms with Crippen molar-refractivity contribution in [2.24, 2.45) is 0 Å². The third-order valence-electron chi connectivity index (χ3n) is 2.83. The molecule has 0 N–H and O–H groups in total. The number of esters is 1.